The number of hydrogen-bond acceptors (Lipinski definition) is 2. The molecular weight excluding hydrogens is 805 g/mol. The number of aromatic nitrogens is 1. The number of fused-ring (bicyclic) bond motifs is 2. The first-order valence-electron chi connectivity index (χ1n) is 21.8. The zero-order valence-corrected chi connectivity index (χ0v) is 36.8. The van der Waals surface area contributed by atoms with E-state index in [1.54, 1.807) is 0 Å². The molecule has 65 heavy (non-hydrogen) atoms. The largest absolute Gasteiger partial charge is 0.310 e. The molecule has 0 fully saturated rings. The Morgan fingerprint density at radius 2 is 1.03 bits per heavy atom. The van der Waals surface area contributed by atoms with Gasteiger partial charge in [-0.25, -0.2) is 0 Å². The van der Waals surface area contributed by atoms with Crippen LogP contribution in [0, 0.1) is 0 Å². The predicted octanol–water partition coefficient (Wildman–Crippen LogP) is 17.7. The fraction of sp³-hybridized carbons (Fsp3) is 0. The lowest BCUT2D eigenvalue weighted by Gasteiger charge is -2.27. The Balaban J connectivity index is 0.858. The highest BCUT2D eigenvalue weighted by molar-refractivity contribution is 7.18. The third-order valence-electron chi connectivity index (χ3n) is 11.9. The van der Waals surface area contributed by atoms with Crippen LogP contribution < -0.4 is 4.90 Å². The van der Waals surface area contributed by atoms with Crippen molar-refractivity contribution < 1.29 is 0 Å². The second-order valence-electron chi connectivity index (χ2n) is 16.1. The first-order chi connectivity index (χ1) is 32.0. The minimum atomic E-state index is 0.817. The maximum Gasteiger partial charge on any atom is 0.0540 e. The molecule has 2 nitrogen and oxygen atoms in total. The Morgan fingerprint density at radius 1 is 0.446 bits per heavy atom. The summed E-state index contributed by atoms with van der Waals surface area (Å²) < 4.78 is 2.30. The molecule has 0 atom stereocenters. The molecule has 2 heterocycles. The Kier molecular flexibility index (Phi) is 11.4. The molecule has 0 saturated carbocycles. The number of hydrogen-bond donors (Lipinski definition) is 0. The molecule has 310 valence electrons. The van der Waals surface area contributed by atoms with Gasteiger partial charge in [0, 0.05) is 43.3 Å². The number of anilines is 3. The molecule has 0 spiro atoms. The molecule has 0 aliphatic rings. The van der Waals surface area contributed by atoms with Gasteiger partial charge >= 0.3 is 0 Å². The molecular formula is C62H46N2S. The third kappa shape index (κ3) is 8.62. The summed E-state index contributed by atoms with van der Waals surface area (Å²) in [6.07, 6.45) is 8.21. The topological polar surface area (TPSA) is 8.17 Å². The fourth-order valence-corrected chi connectivity index (χ4v) is 9.43. The highest BCUT2D eigenvalue weighted by atomic mass is 32.1. The molecule has 10 rings (SSSR count). The number of allylic oxidation sites excluding steroid dienone is 6. The lowest BCUT2D eigenvalue weighted by atomic mass is 10.0. The van der Waals surface area contributed by atoms with Gasteiger partial charge in [0.25, 0.3) is 0 Å². The van der Waals surface area contributed by atoms with Gasteiger partial charge in [-0.05, 0) is 129 Å². The maximum absolute atomic E-state index is 4.42. The first-order valence-corrected chi connectivity index (χ1v) is 22.6. The van der Waals surface area contributed by atoms with E-state index in [2.05, 4.69) is 260 Å². The highest BCUT2D eigenvalue weighted by Gasteiger charge is 2.16. The lowest BCUT2D eigenvalue weighted by Crippen LogP contribution is -2.10. The average molecular weight is 851 g/mol. The maximum atomic E-state index is 4.42. The summed E-state index contributed by atoms with van der Waals surface area (Å²) in [5.74, 6) is 0. The van der Waals surface area contributed by atoms with E-state index in [9.17, 15) is 0 Å². The van der Waals surface area contributed by atoms with E-state index in [4.69, 9.17) is 0 Å². The molecule has 0 aliphatic carbocycles. The highest BCUT2D eigenvalue weighted by Crippen LogP contribution is 2.40. The average Bonchev–Trinajstić information content (AvgIpc) is 4.02. The first kappa shape index (κ1) is 40.8. The van der Waals surface area contributed by atoms with Crippen LogP contribution in [0.4, 0.5) is 17.1 Å². The summed E-state index contributed by atoms with van der Waals surface area (Å²) in [6, 6.07) is 77.5. The SMILES string of the molecule is C=C(/C=C\C(=C)c1ccc(N(c2ccccc2)c2cccc3ccccc23)cc1)C(=C)/C=C\c1cc2cc(-c3ccc(-c4ccc(-c5ccccc5)s4)cc3)ccc2n1-c1ccccc1. The Morgan fingerprint density at radius 3 is 1.77 bits per heavy atom. The van der Waals surface area contributed by atoms with Crippen LogP contribution >= 0.6 is 11.3 Å². The summed E-state index contributed by atoms with van der Waals surface area (Å²) in [6.45, 7) is 13.2. The number of rotatable bonds is 13. The standard InChI is InChI=1S/C62H46N2S/c1-44(26-27-46(3)47-33-37-56(38-34-47)63(54-20-9-5-10-21-54)60-25-15-19-49-16-13-14-24-58(49)60)45(2)28-36-57-43-53-42-52(35-39-59(53)64(57)55-22-11-6-12-23-55)48-29-31-51(32-30-48)62-41-40-61(65-62)50-17-7-4-8-18-50/h4-43H,1-3H2/b27-26-,36-28-. The van der Waals surface area contributed by atoms with Crippen molar-refractivity contribution in [1.82, 2.24) is 4.57 Å². The van der Waals surface area contributed by atoms with E-state index in [1.807, 2.05) is 23.5 Å². The molecule has 8 aromatic carbocycles. The van der Waals surface area contributed by atoms with E-state index < -0.39 is 0 Å². The van der Waals surface area contributed by atoms with Gasteiger partial charge in [0.1, 0.15) is 0 Å². The van der Waals surface area contributed by atoms with Crippen LogP contribution in [0.15, 0.2) is 268 Å². The molecule has 0 saturated heterocycles. The second kappa shape index (κ2) is 18.2. The van der Waals surface area contributed by atoms with E-state index >= 15 is 0 Å². The van der Waals surface area contributed by atoms with Crippen LogP contribution in [0.25, 0.3) is 71.0 Å². The lowest BCUT2D eigenvalue weighted by molar-refractivity contribution is 1.11. The van der Waals surface area contributed by atoms with Gasteiger partial charge in [-0.3, -0.25) is 0 Å². The number of thiophene rings is 1. The van der Waals surface area contributed by atoms with E-state index in [-0.39, 0.29) is 0 Å². The third-order valence-corrected chi connectivity index (χ3v) is 13.1. The number of benzene rings is 8. The van der Waals surface area contributed by atoms with Gasteiger partial charge in [0.05, 0.1) is 11.2 Å². The molecule has 0 bridgehead atoms. The second-order valence-corrected chi connectivity index (χ2v) is 17.2. The van der Waals surface area contributed by atoms with Crippen molar-refractivity contribution >= 4 is 61.7 Å². The Bertz CT molecular complexity index is 3380. The Hall–Kier alpha value is -8.24. The quantitative estimate of drug-likeness (QED) is 0.105. The summed E-state index contributed by atoms with van der Waals surface area (Å²) in [5.41, 5.74) is 15.0. The fourth-order valence-electron chi connectivity index (χ4n) is 8.41. The van der Waals surface area contributed by atoms with Crippen molar-refractivity contribution in [3.63, 3.8) is 0 Å². The summed E-state index contributed by atoms with van der Waals surface area (Å²) in [4.78, 5) is 4.85. The minimum absolute atomic E-state index is 0.817. The van der Waals surface area contributed by atoms with Crippen LogP contribution in [0.5, 0.6) is 0 Å². The number of para-hydroxylation sites is 2. The molecule has 0 aliphatic heterocycles. The smallest absolute Gasteiger partial charge is 0.0540 e. The predicted molar refractivity (Wildman–Crippen MR) is 282 cm³/mol. The van der Waals surface area contributed by atoms with Crippen molar-refractivity contribution in [3.05, 3.63) is 279 Å². The summed E-state index contributed by atoms with van der Waals surface area (Å²) >= 11 is 1.83. The summed E-state index contributed by atoms with van der Waals surface area (Å²) in [5, 5.41) is 3.57. The van der Waals surface area contributed by atoms with Crippen LogP contribution in [0.3, 0.4) is 0 Å². The Labute approximate surface area is 385 Å². The normalized spacial score (nSPS) is 11.4. The monoisotopic (exact) mass is 850 g/mol. The van der Waals surface area contributed by atoms with Crippen molar-refractivity contribution in [2.24, 2.45) is 0 Å². The van der Waals surface area contributed by atoms with Gasteiger partial charge in [-0.15, -0.1) is 11.3 Å². The molecule has 2 aromatic heterocycles. The molecule has 10 aromatic rings. The molecule has 3 heteroatoms. The molecule has 0 N–H and O–H groups in total. The number of nitrogens with zero attached hydrogens (tertiary/aromatic N) is 2. The molecule has 0 radical (unpaired) electrons. The van der Waals surface area contributed by atoms with Crippen molar-refractivity contribution in [3.8, 4) is 37.7 Å². The van der Waals surface area contributed by atoms with Gasteiger partial charge in [0.15, 0.2) is 0 Å². The van der Waals surface area contributed by atoms with Crippen LogP contribution in [-0.2, 0) is 0 Å². The zero-order chi connectivity index (χ0) is 44.1. The van der Waals surface area contributed by atoms with E-state index in [0.717, 1.165) is 61.6 Å². The van der Waals surface area contributed by atoms with Crippen molar-refractivity contribution in [1.29, 1.82) is 0 Å². The van der Waals surface area contributed by atoms with Crippen LogP contribution in [0.1, 0.15) is 11.3 Å². The molecule has 0 unspecified atom stereocenters. The van der Waals surface area contributed by atoms with Gasteiger partial charge in [-0.2, -0.15) is 0 Å². The van der Waals surface area contributed by atoms with E-state index in [1.165, 1.54) is 42.8 Å². The summed E-state index contributed by atoms with van der Waals surface area (Å²) in [7, 11) is 0. The van der Waals surface area contributed by atoms with E-state index in [0.29, 0.717) is 0 Å². The van der Waals surface area contributed by atoms with Gasteiger partial charge in [-0.1, -0.05) is 184 Å². The molecule has 0 amide bonds. The zero-order valence-electron chi connectivity index (χ0n) is 36.0. The van der Waals surface area contributed by atoms with Crippen molar-refractivity contribution in [2.75, 3.05) is 4.90 Å². The van der Waals surface area contributed by atoms with Crippen LogP contribution in [-0.4, -0.2) is 4.57 Å². The van der Waals surface area contributed by atoms with Gasteiger partial charge < -0.3 is 9.47 Å². The minimum Gasteiger partial charge on any atom is -0.310 e. The van der Waals surface area contributed by atoms with Gasteiger partial charge in [0.2, 0.25) is 0 Å². The van der Waals surface area contributed by atoms with Crippen LogP contribution in [0.2, 0.25) is 0 Å². The van der Waals surface area contributed by atoms with Crippen molar-refractivity contribution in [2.45, 2.75) is 0 Å².